The first-order valence-electron chi connectivity index (χ1n) is 6.76. The minimum absolute atomic E-state index is 0.0680. The van der Waals surface area contributed by atoms with E-state index < -0.39 is 0 Å². The summed E-state index contributed by atoms with van der Waals surface area (Å²) in [6, 6.07) is 10.1. The van der Waals surface area contributed by atoms with E-state index in [1.165, 1.54) is 0 Å². The number of halogens is 1. The van der Waals surface area contributed by atoms with Crippen molar-refractivity contribution in [3.63, 3.8) is 0 Å². The van der Waals surface area contributed by atoms with Gasteiger partial charge in [-0.3, -0.25) is 4.90 Å². The average molecular weight is 279 g/mol. The fourth-order valence-corrected chi connectivity index (χ4v) is 2.63. The van der Waals surface area contributed by atoms with Crippen molar-refractivity contribution in [3.8, 4) is 6.07 Å². The molecule has 19 heavy (non-hydrogen) atoms. The van der Waals surface area contributed by atoms with Crippen LogP contribution in [0.15, 0.2) is 24.3 Å². The molecular weight excluding hydrogens is 260 g/mol. The molecule has 0 amide bonds. The van der Waals surface area contributed by atoms with Gasteiger partial charge in [0.2, 0.25) is 0 Å². The van der Waals surface area contributed by atoms with Crippen LogP contribution in [0, 0.1) is 11.3 Å². The van der Waals surface area contributed by atoms with E-state index in [1.54, 1.807) is 0 Å². The lowest BCUT2D eigenvalue weighted by Crippen LogP contribution is -2.38. The van der Waals surface area contributed by atoms with Crippen molar-refractivity contribution in [1.29, 1.82) is 5.26 Å². The minimum atomic E-state index is 0.0680. The Balaban J connectivity index is 1.87. The number of benzene rings is 1. The zero-order valence-corrected chi connectivity index (χ0v) is 11.8. The van der Waals surface area contributed by atoms with Crippen LogP contribution in [-0.2, 0) is 4.74 Å². The lowest BCUT2D eigenvalue weighted by atomic mass is 10.1. The van der Waals surface area contributed by atoms with Crippen molar-refractivity contribution < 1.29 is 4.74 Å². The Morgan fingerprint density at radius 2 is 2.21 bits per heavy atom. The Morgan fingerprint density at radius 3 is 3.00 bits per heavy atom. The Labute approximate surface area is 119 Å². The highest BCUT2D eigenvalue weighted by Gasteiger charge is 2.22. The fraction of sp³-hybridized carbons (Fsp3) is 0.533. The molecule has 1 saturated heterocycles. The first-order valence-corrected chi connectivity index (χ1v) is 7.14. The lowest BCUT2D eigenvalue weighted by molar-refractivity contribution is -0.0302. The molecule has 0 spiro atoms. The third kappa shape index (κ3) is 4.21. The van der Waals surface area contributed by atoms with E-state index in [0.717, 1.165) is 49.7 Å². The number of morpholine rings is 1. The van der Waals surface area contributed by atoms with Gasteiger partial charge >= 0.3 is 0 Å². The average Bonchev–Trinajstić information content (AvgIpc) is 2.44. The second-order valence-electron chi connectivity index (χ2n) is 4.80. The maximum atomic E-state index is 8.53. The third-order valence-electron chi connectivity index (χ3n) is 3.42. The zero-order chi connectivity index (χ0) is 13.5. The molecule has 1 aliphatic heterocycles. The van der Waals surface area contributed by atoms with Gasteiger partial charge < -0.3 is 4.74 Å². The van der Waals surface area contributed by atoms with E-state index in [2.05, 4.69) is 11.0 Å². The first-order chi connectivity index (χ1) is 9.31. The molecule has 2 rings (SSSR count). The van der Waals surface area contributed by atoms with Crippen LogP contribution in [0.5, 0.6) is 0 Å². The van der Waals surface area contributed by atoms with E-state index in [9.17, 15) is 0 Å². The summed E-state index contributed by atoms with van der Waals surface area (Å²) in [6.07, 6.45) is 2.77. The molecule has 0 unspecified atom stereocenters. The van der Waals surface area contributed by atoms with Gasteiger partial charge in [-0.1, -0.05) is 29.8 Å². The summed E-state index contributed by atoms with van der Waals surface area (Å²) in [5.74, 6) is 0. The van der Waals surface area contributed by atoms with Gasteiger partial charge in [0.1, 0.15) is 0 Å². The van der Waals surface area contributed by atoms with Crippen molar-refractivity contribution in [3.05, 3.63) is 34.9 Å². The number of nitrogens with zero attached hydrogens (tertiary/aromatic N) is 2. The van der Waals surface area contributed by atoms with Crippen LogP contribution in [0.25, 0.3) is 0 Å². The van der Waals surface area contributed by atoms with Gasteiger partial charge in [-0.2, -0.15) is 5.26 Å². The second kappa shape index (κ2) is 7.49. The molecule has 1 aliphatic rings. The third-order valence-corrected chi connectivity index (χ3v) is 3.76. The number of rotatable bonds is 5. The number of unbranched alkanes of at least 4 members (excludes halogenated alkanes) is 2. The van der Waals surface area contributed by atoms with Crippen LogP contribution in [0.4, 0.5) is 0 Å². The maximum absolute atomic E-state index is 8.53. The molecule has 1 heterocycles. The molecule has 0 radical (unpaired) electrons. The summed E-state index contributed by atoms with van der Waals surface area (Å²) in [4.78, 5) is 2.40. The molecule has 1 aromatic carbocycles. The lowest BCUT2D eigenvalue weighted by Gasteiger charge is -2.33. The number of nitriles is 1. The summed E-state index contributed by atoms with van der Waals surface area (Å²) in [5, 5.41) is 9.30. The monoisotopic (exact) mass is 278 g/mol. The summed E-state index contributed by atoms with van der Waals surface area (Å²) in [7, 11) is 0. The largest absolute Gasteiger partial charge is 0.371 e. The molecule has 1 atom stereocenters. The van der Waals surface area contributed by atoms with Crippen LogP contribution < -0.4 is 0 Å². The van der Waals surface area contributed by atoms with E-state index in [1.807, 2.05) is 24.3 Å². The highest BCUT2D eigenvalue weighted by Crippen LogP contribution is 2.28. The summed E-state index contributed by atoms with van der Waals surface area (Å²) in [6.45, 7) is 3.63. The molecule has 1 fully saturated rings. The molecule has 3 nitrogen and oxygen atoms in total. The van der Waals surface area contributed by atoms with Crippen LogP contribution in [0.2, 0.25) is 5.02 Å². The van der Waals surface area contributed by atoms with Crippen molar-refractivity contribution >= 4 is 11.6 Å². The van der Waals surface area contributed by atoms with Gasteiger partial charge in [0, 0.05) is 30.1 Å². The van der Waals surface area contributed by atoms with E-state index in [4.69, 9.17) is 21.6 Å². The Kier molecular flexibility index (Phi) is 5.65. The molecule has 4 heteroatoms. The highest BCUT2D eigenvalue weighted by atomic mass is 35.5. The molecule has 1 aromatic rings. The van der Waals surface area contributed by atoms with Gasteiger partial charge in [-0.25, -0.2) is 0 Å². The minimum Gasteiger partial charge on any atom is -0.371 e. The quantitative estimate of drug-likeness (QED) is 0.775. The first kappa shape index (κ1) is 14.3. The molecule has 102 valence electrons. The van der Waals surface area contributed by atoms with Gasteiger partial charge in [0.05, 0.1) is 18.8 Å². The smallest absolute Gasteiger partial charge is 0.0966 e. The summed E-state index contributed by atoms with van der Waals surface area (Å²) in [5.41, 5.74) is 1.07. The van der Waals surface area contributed by atoms with Crippen LogP contribution in [0.3, 0.4) is 0 Å². The van der Waals surface area contributed by atoms with Gasteiger partial charge in [-0.05, 0) is 25.5 Å². The van der Waals surface area contributed by atoms with Crippen LogP contribution >= 0.6 is 11.6 Å². The second-order valence-corrected chi connectivity index (χ2v) is 5.20. The molecule has 0 N–H and O–H groups in total. The molecule has 0 aliphatic carbocycles. The van der Waals surface area contributed by atoms with Gasteiger partial charge in [0.25, 0.3) is 0 Å². The normalized spacial score (nSPS) is 20.1. The predicted molar refractivity (Wildman–Crippen MR) is 76.0 cm³/mol. The van der Waals surface area contributed by atoms with Crippen molar-refractivity contribution in [1.82, 2.24) is 4.90 Å². The standard InChI is InChI=1S/C15H19ClN2O/c16-14-7-3-2-6-13(14)15-12-18(10-11-19-15)9-5-1-4-8-17/h2-3,6-7,15H,1,4-5,9-12H2/t15-/m0/s1. The van der Waals surface area contributed by atoms with E-state index >= 15 is 0 Å². The molecular formula is C15H19ClN2O. The van der Waals surface area contributed by atoms with Crippen molar-refractivity contribution in [2.45, 2.75) is 25.4 Å². The topological polar surface area (TPSA) is 36.3 Å². The van der Waals surface area contributed by atoms with Gasteiger partial charge in [-0.15, -0.1) is 0 Å². The van der Waals surface area contributed by atoms with Crippen molar-refractivity contribution in [2.75, 3.05) is 26.2 Å². The van der Waals surface area contributed by atoms with Crippen molar-refractivity contribution in [2.24, 2.45) is 0 Å². The predicted octanol–water partition coefficient (Wildman–Crippen LogP) is 3.41. The number of ether oxygens (including phenoxy) is 1. The fourth-order valence-electron chi connectivity index (χ4n) is 2.37. The van der Waals surface area contributed by atoms with E-state index in [-0.39, 0.29) is 6.10 Å². The van der Waals surface area contributed by atoms with Crippen LogP contribution in [0.1, 0.15) is 30.9 Å². The zero-order valence-electron chi connectivity index (χ0n) is 11.0. The van der Waals surface area contributed by atoms with E-state index in [0.29, 0.717) is 6.42 Å². The maximum Gasteiger partial charge on any atom is 0.0966 e. The Bertz CT molecular complexity index is 444. The van der Waals surface area contributed by atoms with Crippen LogP contribution in [-0.4, -0.2) is 31.1 Å². The van der Waals surface area contributed by atoms with Gasteiger partial charge in [0.15, 0.2) is 0 Å². The highest BCUT2D eigenvalue weighted by molar-refractivity contribution is 6.31. The Morgan fingerprint density at radius 1 is 1.37 bits per heavy atom. The Hall–Kier alpha value is -1.08. The molecule has 0 saturated carbocycles. The summed E-state index contributed by atoms with van der Waals surface area (Å²) < 4.78 is 5.82. The molecule has 0 bridgehead atoms. The number of hydrogen-bond acceptors (Lipinski definition) is 3. The summed E-state index contributed by atoms with van der Waals surface area (Å²) >= 11 is 6.22. The SMILES string of the molecule is N#CCCCCN1CCO[C@H](c2ccccc2Cl)C1. The molecule has 0 aromatic heterocycles. The number of hydrogen-bond donors (Lipinski definition) is 0.